The Bertz CT molecular complexity index is 531. The highest BCUT2D eigenvalue weighted by atomic mass is 19.1. The average Bonchev–Trinajstić information content (AvgIpc) is 2.51. The van der Waals surface area contributed by atoms with Gasteiger partial charge in [-0.15, -0.1) is 0 Å². The van der Waals surface area contributed by atoms with Gasteiger partial charge in [-0.05, 0) is 26.0 Å². The molecule has 0 saturated carbocycles. The highest BCUT2D eigenvalue weighted by Crippen LogP contribution is 2.31. The third kappa shape index (κ3) is 2.65. The van der Waals surface area contributed by atoms with Gasteiger partial charge in [-0.1, -0.05) is 0 Å². The summed E-state index contributed by atoms with van der Waals surface area (Å²) < 4.78 is 19.2. The van der Waals surface area contributed by atoms with Crippen molar-refractivity contribution in [2.45, 2.75) is 18.4 Å². The Kier molecular flexibility index (Phi) is 3.91. The van der Waals surface area contributed by atoms with Gasteiger partial charge >= 0.3 is 0 Å². The molecule has 0 radical (unpaired) electrons. The van der Waals surface area contributed by atoms with Gasteiger partial charge in [0.05, 0.1) is 11.8 Å². The molecule has 0 aromatic carbocycles. The van der Waals surface area contributed by atoms with Crippen molar-refractivity contribution in [1.29, 1.82) is 0 Å². The number of aromatic nitrogens is 1. The summed E-state index contributed by atoms with van der Waals surface area (Å²) in [6, 6.07) is 1.45. The molecule has 5 nitrogen and oxygen atoms in total. The summed E-state index contributed by atoms with van der Waals surface area (Å²) in [5.41, 5.74) is 0.0760. The van der Waals surface area contributed by atoms with Crippen molar-refractivity contribution in [3.63, 3.8) is 0 Å². The van der Waals surface area contributed by atoms with Crippen molar-refractivity contribution in [3.8, 4) is 0 Å². The minimum absolute atomic E-state index is 0.0321. The van der Waals surface area contributed by atoms with Crippen LogP contribution < -0.4 is 0 Å². The number of hydrogen-bond donors (Lipinski definition) is 0. The second-order valence-corrected chi connectivity index (χ2v) is 5.84. The zero-order chi connectivity index (χ0) is 14.9. The fourth-order valence-electron chi connectivity index (χ4n) is 3.25. The lowest BCUT2D eigenvalue weighted by Crippen LogP contribution is -2.63. The average molecular weight is 293 g/mol. The zero-order valence-corrected chi connectivity index (χ0v) is 12.2. The molecule has 0 aliphatic carbocycles. The molecule has 1 aromatic heterocycles. The Morgan fingerprint density at radius 2 is 2.14 bits per heavy atom. The van der Waals surface area contributed by atoms with Crippen molar-refractivity contribution in [2.75, 3.05) is 39.9 Å². The second-order valence-electron chi connectivity index (χ2n) is 5.84. The molecule has 6 heteroatoms. The van der Waals surface area contributed by atoms with Gasteiger partial charge in [-0.3, -0.25) is 14.7 Å². The maximum atomic E-state index is 13.8. The van der Waals surface area contributed by atoms with E-state index in [2.05, 4.69) is 16.9 Å². The van der Waals surface area contributed by atoms with Gasteiger partial charge in [0.15, 0.2) is 5.82 Å². The molecule has 0 N–H and O–H groups in total. The first-order valence-electron chi connectivity index (χ1n) is 7.30. The monoisotopic (exact) mass is 293 g/mol. The smallest absolute Gasteiger partial charge is 0.257 e. The second kappa shape index (κ2) is 5.69. The Morgan fingerprint density at radius 1 is 1.38 bits per heavy atom. The fourth-order valence-corrected chi connectivity index (χ4v) is 3.25. The lowest BCUT2D eigenvalue weighted by Gasteiger charge is -2.51. The van der Waals surface area contributed by atoms with Crippen LogP contribution in [0, 0.1) is 5.82 Å². The first-order valence-corrected chi connectivity index (χ1v) is 7.30. The van der Waals surface area contributed by atoms with Gasteiger partial charge in [0.25, 0.3) is 5.91 Å². The van der Waals surface area contributed by atoms with Gasteiger partial charge < -0.3 is 9.64 Å². The number of pyridine rings is 1. The number of rotatable bonds is 1. The van der Waals surface area contributed by atoms with Gasteiger partial charge in [0, 0.05) is 44.6 Å². The standard InChI is InChI=1S/C15H20FN3O2/c1-18-6-7-19(11-15(18)3-8-21-9-4-15)14(20)12-2-5-17-10-13(12)16/h2,5,10H,3-4,6-9,11H2,1H3. The predicted octanol–water partition coefficient (Wildman–Crippen LogP) is 1.16. The van der Waals surface area contributed by atoms with Crippen LogP contribution in [0.4, 0.5) is 4.39 Å². The Balaban J connectivity index is 1.80. The van der Waals surface area contributed by atoms with E-state index in [9.17, 15) is 9.18 Å². The van der Waals surface area contributed by atoms with Crippen molar-refractivity contribution in [3.05, 3.63) is 29.8 Å². The van der Waals surface area contributed by atoms with E-state index >= 15 is 0 Å². The molecule has 2 saturated heterocycles. The summed E-state index contributed by atoms with van der Waals surface area (Å²) in [5.74, 6) is -0.795. The van der Waals surface area contributed by atoms with Crippen LogP contribution in [0.25, 0.3) is 0 Å². The number of amides is 1. The summed E-state index contributed by atoms with van der Waals surface area (Å²) >= 11 is 0. The van der Waals surface area contributed by atoms with Crippen LogP contribution in [-0.2, 0) is 4.74 Å². The maximum Gasteiger partial charge on any atom is 0.257 e. The van der Waals surface area contributed by atoms with E-state index in [1.54, 1.807) is 4.90 Å². The number of ether oxygens (including phenoxy) is 1. The largest absolute Gasteiger partial charge is 0.381 e. The highest BCUT2D eigenvalue weighted by Gasteiger charge is 2.42. The van der Waals surface area contributed by atoms with E-state index < -0.39 is 5.82 Å². The third-order valence-corrected chi connectivity index (χ3v) is 4.71. The summed E-state index contributed by atoms with van der Waals surface area (Å²) in [6.45, 7) is 3.50. The first-order chi connectivity index (χ1) is 10.1. The number of piperazine rings is 1. The fraction of sp³-hybridized carbons (Fsp3) is 0.600. The first kappa shape index (κ1) is 14.4. The Hall–Kier alpha value is -1.53. The molecule has 1 aromatic rings. The molecule has 1 spiro atoms. The van der Waals surface area contributed by atoms with Gasteiger partial charge in [-0.2, -0.15) is 0 Å². The minimum Gasteiger partial charge on any atom is -0.381 e. The number of halogens is 1. The predicted molar refractivity (Wildman–Crippen MR) is 75.5 cm³/mol. The van der Waals surface area contributed by atoms with Crippen molar-refractivity contribution in [1.82, 2.24) is 14.8 Å². The van der Waals surface area contributed by atoms with Crippen molar-refractivity contribution in [2.24, 2.45) is 0 Å². The molecule has 3 heterocycles. The van der Waals surface area contributed by atoms with E-state index in [4.69, 9.17) is 4.74 Å². The van der Waals surface area contributed by atoms with E-state index in [-0.39, 0.29) is 17.0 Å². The molecule has 0 unspecified atom stereocenters. The molecule has 2 aliphatic rings. The topological polar surface area (TPSA) is 45.7 Å². The molecular formula is C15H20FN3O2. The van der Waals surface area contributed by atoms with Gasteiger partial charge in [-0.25, -0.2) is 4.39 Å². The van der Waals surface area contributed by atoms with Crippen LogP contribution in [0.1, 0.15) is 23.2 Å². The quantitative estimate of drug-likeness (QED) is 0.779. The molecule has 3 rings (SSSR count). The zero-order valence-electron chi connectivity index (χ0n) is 12.2. The highest BCUT2D eigenvalue weighted by molar-refractivity contribution is 5.94. The summed E-state index contributed by atoms with van der Waals surface area (Å²) in [5, 5.41) is 0. The minimum atomic E-state index is -0.553. The summed E-state index contributed by atoms with van der Waals surface area (Å²) in [4.78, 5) is 20.3. The molecular weight excluding hydrogens is 273 g/mol. The number of carbonyl (C=O) groups excluding carboxylic acids is 1. The lowest BCUT2D eigenvalue weighted by atomic mass is 9.85. The molecule has 21 heavy (non-hydrogen) atoms. The van der Waals surface area contributed by atoms with E-state index in [0.717, 1.165) is 38.8 Å². The Labute approximate surface area is 123 Å². The SMILES string of the molecule is CN1CCN(C(=O)c2ccncc2F)CC12CCOCC2. The van der Waals surface area contributed by atoms with E-state index in [1.807, 2.05) is 0 Å². The Morgan fingerprint density at radius 3 is 2.86 bits per heavy atom. The van der Waals surface area contributed by atoms with Crippen LogP contribution in [0.5, 0.6) is 0 Å². The number of nitrogens with zero attached hydrogens (tertiary/aromatic N) is 3. The molecule has 114 valence electrons. The molecule has 2 aliphatic heterocycles. The van der Waals surface area contributed by atoms with Gasteiger partial charge in [0.1, 0.15) is 0 Å². The maximum absolute atomic E-state index is 13.8. The number of likely N-dealkylation sites (N-methyl/N-ethyl adjacent to an activating group) is 1. The van der Waals surface area contributed by atoms with E-state index in [0.29, 0.717) is 13.1 Å². The van der Waals surface area contributed by atoms with Crippen LogP contribution >= 0.6 is 0 Å². The molecule has 2 fully saturated rings. The normalized spacial score (nSPS) is 22.5. The number of carbonyl (C=O) groups is 1. The summed E-state index contributed by atoms with van der Waals surface area (Å²) in [7, 11) is 2.10. The third-order valence-electron chi connectivity index (χ3n) is 4.71. The van der Waals surface area contributed by atoms with Crippen LogP contribution in [0.15, 0.2) is 18.5 Å². The molecule has 1 amide bonds. The summed E-state index contributed by atoms with van der Waals surface area (Å²) in [6.07, 6.45) is 4.36. The van der Waals surface area contributed by atoms with Crippen molar-refractivity contribution < 1.29 is 13.9 Å². The lowest BCUT2D eigenvalue weighted by molar-refractivity contribution is -0.0544. The van der Waals surface area contributed by atoms with Crippen molar-refractivity contribution >= 4 is 5.91 Å². The van der Waals surface area contributed by atoms with E-state index in [1.165, 1.54) is 12.3 Å². The van der Waals surface area contributed by atoms with Crippen LogP contribution in [-0.4, -0.2) is 66.1 Å². The van der Waals surface area contributed by atoms with Crippen LogP contribution in [0.2, 0.25) is 0 Å². The van der Waals surface area contributed by atoms with Crippen LogP contribution in [0.3, 0.4) is 0 Å². The van der Waals surface area contributed by atoms with Gasteiger partial charge in [0.2, 0.25) is 0 Å². The molecule has 0 atom stereocenters. The molecule has 0 bridgehead atoms. The number of hydrogen-bond acceptors (Lipinski definition) is 4.